The van der Waals surface area contributed by atoms with E-state index < -0.39 is 23.8 Å². The minimum atomic E-state index is -0.613. The van der Waals surface area contributed by atoms with Gasteiger partial charge in [0.2, 0.25) is 0 Å². The van der Waals surface area contributed by atoms with Crippen LogP contribution in [0.2, 0.25) is 0 Å². The van der Waals surface area contributed by atoms with Gasteiger partial charge in [-0.05, 0) is 70.8 Å². The molecule has 6 heteroatoms. The van der Waals surface area contributed by atoms with Crippen molar-refractivity contribution in [1.82, 2.24) is 0 Å². The molecule has 0 amide bonds. The first-order valence-corrected chi connectivity index (χ1v) is 15.8. The molecule has 0 aliphatic rings. The maximum absolute atomic E-state index is 13.9. The molecule has 0 fully saturated rings. The Kier molecular flexibility index (Phi) is 9.53. The second-order valence-electron chi connectivity index (χ2n) is 11.6. The van der Waals surface area contributed by atoms with E-state index in [9.17, 15) is 9.59 Å². The molecule has 6 aromatic rings. The Labute approximate surface area is 280 Å². The van der Waals surface area contributed by atoms with Crippen LogP contribution < -0.4 is 9.47 Å². The number of hydrogen-bond donors (Lipinski definition) is 0. The molecule has 0 radical (unpaired) electrons. The Balaban J connectivity index is 1.35. The lowest BCUT2D eigenvalue weighted by Crippen LogP contribution is -2.17. The highest BCUT2D eigenvalue weighted by Crippen LogP contribution is 2.34. The van der Waals surface area contributed by atoms with E-state index in [0.29, 0.717) is 11.1 Å². The molecule has 6 nitrogen and oxygen atoms in total. The summed E-state index contributed by atoms with van der Waals surface area (Å²) in [6.45, 7) is 3.61. The average molecular weight is 637 g/mol. The van der Waals surface area contributed by atoms with Crippen molar-refractivity contribution in [3.8, 4) is 11.5 Å². The van der Waals surface area contributed by atoms with Crippen molar-refractivity contribution in [2.75, 3.05) is 14.2 Å². The standard InChI is InChI=1S/C42H36O6/c1-27(31-15-17-35-25-37(45-3)21-19-33(35)23-31)41(43)47-39(29-11-7-5-8-12-29)40(30-13-9-6-10-14-30)48-42(44)28(2)32-16-18-36-26-38(46-4)22-20-34(36)24-32/h5-28H,1-4H3/b40-39+/t27-,28-/m0/s1. The zero-order chi connectivity index (χ0) is 33.6. The molecule has 0 saturated heterocycles. The van der Waals surface area contributed by atoms with Gasteiger partial charge in [-0.15, -0.1) is 0 Å². The van der Waals surface area contributed by atoms with E-state index in [1.807, 2.05) is 133 Å². The van der Waals surface area contributed by atoms with Gasteiger partial charge in [-0.1, -0.05) is 109 Å². The number of carbonyl (C=O) groups excluding carboxylic acids is 2. The largest absolute Gasteiger partial charge is 0.497 e. The molecule has 0 bridgehead atoms. The van der Waals surface area contributed by atoms with Crippen molar-refractivity contribution in [2.45, 2.75) is 25.7 Å². The molecule has 0 spiro atoms. The molecule has 0 aliphatic carbocycles. The van der Waals surface area contributed by atoms with Crippen LogP contribution in [0, 0.1) is 0 Å². The lowest BCUT2D eigenvalue weighted by atomic mass is 9.97. The van der Waals surface area contributed by atoms with E-state index in [-0.39, 0.29) is 11.5 Å². The van der Waals surface area contributed by atoms with Crippen molar-refractivity contribution in [3.63, 3.8) is 0 Å². The molecule has 0 aliphatic heterocycles. The number of ether oxygens (including phenoxy) is 4. The number of methoxy groups -OCH3 is 2. The summed E-state index contributed by atoms with van der Waals surface area (Å²) < 4.78 is 23.1. The fourth-order valence-electron chi connectivity index (χ4n) is 5.58. The van der Waals surface area contributed by atoms with Crippen molar-refractivity contribution in [3.05, 3.63) is 156 Å². The monoisotopic (exact) mass is 636 g/mol. The van der Waals surface area contributed by atoms with Crippen LogP contribution in [-0.4, -0.2) is 26.2 Å². The SMILES string of the molecule is COc1ccc2cc([C@H](C)C(=O)O/C(=C(/OC(=O)[C@@H](C)c3ccc4cc(OC)ccc4c3)c3ccccc3)c3ccccc3)ccc2c1. The molecular weight excluding hydrogens is 600 g/mol. The van der Waals surface area contributed by atoms with Crippen LogP contribution in [0.4, 0.5) is 0 Å². The summed E-state index contributed by atoms with van der Waals surface area (Å²) in [4.78, 5) is 27.8. The number of carbonyl (C=O) groups is 2. The van der Waals surface area contributed by atoms with Crippen LogP contribution in [0.5, 0.6) is 11.5 Å². The molecule has 0 aromatic heterocycles. The topological polar surface area (TPSA) is 71.1 Å². The number of rotatable bonds is 10. The van der Waals surface area contributed by atoms with E-state index in [1.165, 1.54) is 0 Å². The van der Waals surface area contributed by atoms with Crippen LogP contribution in [0.15, 0.2) is 133 Å². The van der Waals surface area contributed by atoms with Crippen molar-refractivity contribution in [1.29, 1.82) is 0 Å². The summed E-state index contributed by atoms with van der Waals surface area (Å²) in [7, 11) is 3.27. The van der Waals surface area contributed by atoms with E-state index in [4.69, 9.17) is 18.9 Å². The Morgan fingerprint density at radius 2 is 0.812 bits per heavy atom. The molecule has 6 aromatic carbocycles. The van der Waals surface area contributed by atoms with Crippen LogP contribution in [-0.2, 0) is 19.1 Å². The van der Waals surface area contributed by atoms with Crippen LogP contribution >= 0.6 is 0 Å². The quantitative estimate of drug-likeness (QED) is 0.0847. The molecule has 2 atom stereocenters. The normalized spacial score (nSPS) is 12.9. The second kappa shape index (κ2) is 14.3. The Morgan fingerprint density at radius 3 is 1.19 bits per heavy atom. The highest BCUT2D eigenvalue weighted by Gasteiger charge is 2.27. The van der Waals surface area contributed by atoms with Gasteiger partial charge in [0.05, 0.1) is 26.1 Å². The summed E-state index contributed by atoms with van der Waals surface area (Å²) in [6.07, 6.45) is 0. The molecule has 0 saturated carbocycles. The van der Waals surface area contributed by atoms with Crippen molar-refractivity contribution < 1.29 is 28.5 Å². The van der Waals surface area contributed by atoms with Gasteiger partial charge in [0.1, 0.15) is 11.5 Å². The smallest absolute Gasteiger partial charge is 0.318 e. The maximum Gasteiger partial charge on any atom is 0.318 e. The van der Waals surface area contributed by atoms with Gasteiger partial charge in [-0.3, -0.25) is 9.59 Å². The second-order valence-corrected chi connectivity index (χ2v) is 11.6. The first-order valence-electron chi connectivity index (χ1n) is 15.8. The third-order valence-electron chi connectivity index (χ3n) is 8.53. The number of esters is 2. The third-order valence-corrected chi connectivity index (χ3v) is 8.53. The molecular formula is C42H36O6. The fourth-order valence-corrected chi connectivity index (χ4v) is 5.58. The zero-order valence-electron chi connectivity index (χ0n) is 27.3. The van der Waals surface area contributed by atoms with E-state index in [1.54, 1.807) is 28.1 Å². The van der Waals surface area contributed by atoms with Gasteiger partial charge in [0, 0.05) is 11.1 Å². The summed E-state index contributed by atoms with van der Waals surface area (Å²) in [6, 6.07) is 41.8. The predicted octanol–water partition coefficient (Wildman–Crippen LogP) is 9.53. The molecule has 0 heterocycles. The molecule has 0 N–H and O–H groups in total. The van der Waals surface area contributed by atoms with Crippen LogP contribution in [0.1, 0.15) is 47.9 Å². The number of fused-ring (bicyclic) bond motifs is 2. The minimum Gasteiger partial charge on any atom is -0.497 e. The summed E-state index contributed by atoms with van der Waals surface area (Å²) in [5.74, 6) is -0.340. The van der Waals surface area contributed by atoms with E-state index in [0.717, 1.165) is 44.2 Å². The van der Waals surface area contributed by atoms with Gasteiger partial charge >= 0.3 is 11.9 Å². The van der Waals surface area contributed by atoms with Crippen LogP contribution in [0.25, 0.3) is 33.1 Å². The van der Waals surface area contributed by atoms with Gasteiger partial charge in [0.25, 0.3) is 0 Å². The minimum absolute atomic E-state index is 0.162. The molecule has 6 rings (SSSR count). The molecule has 48 heavy (non-hydrogen) atoms. The average Bonchev–Trinajstić information content (AvgIpc) is 3.15. The first kappa shape index (κ1) is 32.1. The van der Waals surface area contributed by atoms with Crippen molar-refractivity contribution in [2.24, 2.45) is 0 Å². The van der Waals surface area contributed by atoms with Gasteiger partial charge < -0.3 is 18.9 Å². The van der Waals surface area contributed by atoms with Gasteiger partial charge in [0.15, 0.2) is 11.5 Å². The van der Waals surface area contributed by atoms with E-state index >= 15 is 0 Å². The zero-order valence-corrected chi connectivity index (χ0v) is 27.3. The van der Waals surface area contributed by atoms with Crippen LogP contribution in [0.3, 0.4) is 0 Å². The highest BCUT2D eigenvalue weighted by atomic mass is 16.6. The number of benzene rings is 6. The van der Waals surface area contributed by atoms with E-state index in [2.05, 4.69) is 0 Å². The summed E-state index contributed by atoms with van der Waals surface area (Å²) >= 11 is 0. The highest BCUT2D eigenvalue weighted by molar-refractivity contribution is 5.96. The Bertz CT molecular complexity index is 1960. The predicted molar refractivity (Wildman–Crippen MR) is 190 cm³/mol. The first-order chi connectivity index (χ1) is 23.3. The summed E-state index contributed by atoms with van der Waals surface area (Å²) in [5.41, 5.74) is 2.79. The molecule has 0 unspecified atom stereocenters. The van der Waals surface area contributed by atoms with Gasteiger partial charge in [-0.2, -0.15) is 0 Å². The number of hydrogen-bond acceptors (Lipinski definition) is 6. The Hall–Kier alpha value is -5.88. The lowest BCUT2D eigenvalue weighted by Gasteiger charge is -2.20. The summed E-state index contributed by atoms with van der Waals surface area (Å²) in [5, 5.41) is 3.96. The maximum atomic E-state index is 13.9. The third kappa shape index (κ3) is 6.93. The molecule has 240 valence electrons. The van der Waals surface area contributed by atoms with Gasteiger partial charge in [-0.25, -0.2) is 0 Å². The van der Waals surface area contributed by atoms with Crippen molar-refractivity contribution >= 4 is 45.0 Å². The lowest BCUT2D eigenvalue weighted by molar-refractivity contribution is -0.140. The fraction of sp³-hybridized carbons (Fsp3) is 0.143. The Morgan fingerprint density at radius 1 is 0.458 bits per heavy atom.